The van der Waals surface area contributed by atoms with Gasteiger partial charge in [-0.05, 0) is 42.2 Å². The van der Waals surface area contributed by atoms with Gasteiger partial charge in [-0.1, -0.05) is 0 Å². The fourth-order valence-electron chi connectivity index (χ4n) is 3.43. The third kappa shape index (κ3) is 2.93. The summed E-state index contributed by atoms with van der Waals surface area (Å²) >= 11 is 3.78. The minimum absolute atomic E-state index is 0.405. The fourth-order valence-corrected chi connectivity index (χ4v) is 4.15. The van der Waals surface area contributed by atoms with E-state index in [9.17, 15) is 0 Å². The number of rotatable bonds is 4. The number of hydrogen-bond donors (Lipinski definition) is 2. The van der Waals surface area contributed by atoms with Crippen LogP contribution in [0.4, 0.5) is 5.82 Å². The second kappa shape index (κ2) is 6.76. The van der Waals surface area contributed by atoms with Crippen LogP contribution in [0.1, 0.15) is 31.4 Å². The number of piperidine rings is 1. The van der Waals surface area contributed by atoms with Crippen LogP contribution in [0.15, 0.2) is 23.1 Å². The predicted octanol–water partition coefficient (Wildman–Crippen LogP) is 2.79. The second-order valence-electron chi connectivity index (χ2n) is 6.43. The number of aryl methyl sites for hydroxylation is 1. The first kappa shape index (κ1) is 16.5. The summed E-state index contributed by atoms with van der Waals surface area (Å²) in [6.07, 6.45) is 8.05. The Morgan fingerprint density at radius 3 is 2.92 bits per heavy atom. The van der Waals surface area contributed by atoms with Crippen LogP contribution in [0.3, 0.4) is 0 Å². The van der Waals surface area contributed by atoms with E-state index in [1.807, 2.05) is 30.2 Å². The van der Waals surface area contributed by atoms with Crippen molar-refractivity contribution in [3.05, 3.63) is 28.8 Å². The first-order valence-corrected chi connectivity index (χ1v) is 9.49. The lowest BCUT2D eigenvalue weighted by atomic mass is 9.96. The Balaban J connectivity index is 1.91. The van der Waals surface area contributed by atoms with Crippen molar-refractivity contribution < 1.29 is 0 Å². The standard InChI is InChI=1S/C17H22BrN7/c1-3-20-17-14(18)15(11-5-4-6-19-7-11)23-16-13(9-22-25(16)17)12-8-21-24(2)10-12/h8-11,19-20H,3-7H2,1-2H3. The molecule has 1 aliphatic heterocycles. The molecule has 1 unspecified atom stereocenters. The van der Waals surface area contributed by atoms with E-state index in [0.29, 0.717) is 5.92 Å². The van der Waals surface area contributed by atoms with E-state index < -0.39 is 0 Å². The molecule has 1 atom stereocenters. The summed E-state index contributed by atoms with van der Waals surface area (Å²) in [4.78, 5) is 5.02. The summed E-state index contributed by atoms with van der Waals surface area (Å²) in [5, 5.41) is 15.8. The van der Waals surface area contributed by atoms with Gasteiger partial charge in [0.2, 0.25) is 0 Å². The number of aromatic nitrogens is 5. The number of nitrogens with zero attached hydrogens (tertiary/aromatic N) is 5. The molecule has 3 aromatic heterocycles. The maximum Gasteiger partial charge on any atom is 0.165 e. The van der Waals surface area contributed by atoms with Gasteiger partial charge in [-0.3, -0.25) is 4.68 Å². The van der Waals surface area contributed by atoms with Gasteiger partial charge in [0.15, 0.2) is 5.65 Å². The molecule has 0 aromatic carbocycles. The maximum atomic E-state index is 5.02. The van der Waals surface area contributed by atoms with Gasteiger partial charge in [0.05, 0.1) is 22.6 Å². The van der Waals surface area contributed by atoms with E-state index >= 15 is 0 Å². The first-order chi connectivity index (χ1) is 12.2. The van der Waals surface area contributed by atoms with Crippen molar-refractivity contribution >= 4 is 27.4 Å². The minimum Gasteiger partial charge on any atom is -0.369 e. The monoisotopic (exact) mass is 403 g/mol. The molecular formula is C17H22BrN7. The summed E-state index contributed by atoms with van der Waals surface area (Å²) in [7, 11) is 1.92. The van der Waals surface area contributed by atoms with Crippen LogP contribution < -0.4 is 10.6 Å². The van der Waals surface area contributed by atoms with Gasteiger partial charge in [0.25, 0.3) is 0 Å². The molecule has 0 amide bonds. The van der Waals surface area contributed by atoms with Crippen LogP contribution in [0.2, 0.25) is 0 Å². The Morgan fingerprint density at radius 2 is 2.24 bits per heavy atom. The van der Waals surface area contributed by atoms with Gasteiger partial charge in [0, 0.05) is 43.4 Å². The van der Waals surface area contributed by atoms with Crippen LogP contribution in [-0.2, 0) is 7.05 Å². The van der Waals surface area contributed by atoms with E-state index in [1.165, 1.54) is 6.42 Å². The molecule has 1 aliphatic rings. The molecule has 4 heterocycles. The Bertz CT molecular complexity index is 892. The lowest BCUT2D eigenvalue weighted by Crippen LogP contribution is -2.29. The molecule has 0 bridgehead atoms. The highest BCUT2D eigenvalue weighted by atomic mass is 79.9. The van der Waals surface area contributed by atoms with E-state index in [1.54, 1.807) is 4.68 Å². The highest BCUT2D eigenvalue weighted by Crippen LogP contribution is 2.36. The SMILES string of the molecule is CCNc1c(Br)c(C2CCCNC2)nc2c(-c3cnn(C)c3)cnn12. The number of anilines is 1. The van der Waals surface area contributed by atoms with Crippen LogP contribution in [-0.4, -0.2) is 44.0 Å². The van der Waals surface area contributed by atoms with Crippen molar-refractivity contribution in [3.63, 3.8) is 0 Å². The second-order valence-corrected chi connectivity index (χ2v) is 7.22. The Labute approximate surface area is 155 Å². The molecule has 4 rings (SSSR count). The third-order valence-electron chi connectivity index (χ3n) is 4.66. The molecule has 0 aliphatic carbocycles. The van der Waals surface area contributed by atoms with Crippen LogP contribution in [0.25, 0.3) is 16.8 Å². The normalized spacial score (nSPS) is 18.0. The van der Waals surface area contributed by atoms with Crippen molar-refractivity contribution in [1.82, 2.24) is 29.7 Å². The minimum atomic E-state index is 0.405. The number of nitrogens with one attached hydrogen (secondary N) is 2. The Hall–Kier alpha value is -1.93. The highest BCUT2D eigenvalue weighted by molar-refractivity contribution is 9.10. The number of fused-ring (bicyclic) bond motifs is 1. The quantitative estimate of drug-likeness (QED) is 0.700. The summed E-state index contributed by atoms with van der Waals surface area (Å²) in [5.41, 5.74) is 4.00. The molecular weight excluding hydrogens is 382 g/mol. The molecule has 0 saturated carbocycles. The highest BCUT2D eigenvalue weighted by Gasteiger charge is 2.24. The lowest BCUT2D eigenvalue weighted by molar-refractivity contribution is 0.453. The molecule has 8 heteroatoms. The molecule has 1 fully saturated rings. The summed E-state index contributed by atoms with van der Waals surface area (Å²) in [6, 6.07) is 0. The largest absolute Gasteiger partial charge is 0.369 e. The van der Waals surface area contributed by atoms with Crippen LogP contribution >= 0.6 is 15.9 Å². The number of halogens is 1. The van der Waals surface area contributed by atoms with Crippen molar-refractivity contribution in [3.8, 4) is 11.1 Å². The average molecular weight is 404 g/mol. The van der Waals surface area contributed by atoms with Gasteiger partial charge in [-0.25, -0.2) is 4.98 Å². The molecule has 7 nitrogen and oxygen atoms in total. The van der Waals surface area contributed by atoms with Gasteiger partial charge >= 0.3 is 0 Å². The lowest BCUT2D eigenvalue weighted by Gasteiger charge is -2.24. The maximum absolute atomic E-state index is 5.02. The predicted molar refractivity (Wildman–Crippen MR) is 102 cm³/mol. The molecule has 0 radical (unpaired) electrons. The zero-order valence-corrected chi connectivity index (χ0v) is 16.0. The van der Waals surface area contributed by atoms with Gasteiger partial charge in [-0.15, -0.1) is 0 Å². The summed E-state index contributed by atoms with van der Waals surface area (Å²) in [5.74, 6) is 1.37. The molecule has 132 valence electrons. The van der Waals surface area contributed by atoms with Crippen LogP contribution in [0, 0.1) is 0 Å². The average Bonchev–Trinajstić information content (AvgIpc) is 3.24. The van der Waals surface area contributed by atoms with E-state index in [2.05, 4.69) is 43.7 Å². The van der Waals surface area contributed by atoms with Gasteiger partial charge in [-0.2, -0.15) is 14.7 Å². The zero-order chi connectivity index (χ0) is 17.4. The first-order valence-electron chi connectivity index (χ1n) is 8.69. The van der Waals surface area contributed by atoms with Crippen LogP contribution in [0.5, 0.6) is 0 Å². The van der Waals surface area contributed by atoms with E-state index in [0.717, 1.165) is 58.8 Å². The number of hydrogen-bond acceptors (Lipinski definition) is 5. The van der Waals surface area contributed by atoms with E-state index in [4.69, 9.17) is 4.98 Å². The zero-order valence-electron chi connectivity index (χ0n) is 14.5. The molecule has 0 spiro atoms. The van der Waals surface area contributed by atoms with E-state index in [-0.39, 0.29) is 0 Å². The molecule has 3 aromatic rings. The summed E-state index contributed by atoms with van der Waals surface area (Å²) < 4.78 is 4.70. The fraction of sp³-hybridized carbons (Fsp3) is 0.471. The third-order valence-corrected chi connectivity index (χ3v) is 5.44. The molecule has 25 heavy (non-hydrogen) atoms. The van der Waals surface area contributed by atoms with Crippen molar-refractivity contribution in [2.45, 2.75) is 25.7 Å². The van der Waals surface area contributed by atoms with Gasteiger partial charge in [0.1, 0.15) is 5.82 Å². The van der Waals surface area contributed by atoms with Crippen molar-refractivity contribution in [2.75, 3.05) is 25.0 Å². The molecule has 1 saturated heterocycles. The Kier molecular flexibility index (Phi) is 4.47. The Morgan fingerprint density at radius 1 is 1.36 bits per heavy atom. The smallest absolute Gasteiger partial charge is 0.165 e. The van der Waals surface area contributed by atoms with Crippen molar-refractivity contribution in [1.29, 1.82) is 0 Å². The van der Waals surface area contributed by atoms with Gasteiger partial charge < -0.3 is 10.6 Å². The topological polar surface area (TPSA) is 72.1 Å². The summed E-state index contributed by atoms with van der Waals surface area (Å²) in [6.45, 7) is 4.96. The molecule has 2 N–H and O–H groups in total. The van der Waals surface area contributed by atoms with Crippen molar-refractivity contribution in [2.24, 2.45) is 7.05 Å².